The third-order valence-electron chi connectivity index (χ3n) is 2.73. The lowest BCUT2D eigenvalue weighted by atomic mass is 10.0. The SMILES string of the molecule is CNCCC(N)c1c[nH]c2ccccc12. The third kappa shape index (κ3) is 2.03. The van der Waals surface area contributed by atoms with Crippen LogP contribution in [-0.2, 0) is 0 Å². The Bertz CT molecular complexity index is 433. The van der Waals surface area contributed by atoms with Crippen LogP contribution in [0.5, 0.6) is 0 Å². The van der Waals surface area contributed by atoms with Gasteiger partial charge in [0.05, 0.1) is 0 Å². The standard InChI is InChI=1S/C12H17N3/c1-14-7-6-11(13)10-8-15-12-5-3-2-4-9(10)12/h2-5,8,11,14-15H,6-7,13H2,1H3. The van der Waals surface area contributed by atoms with Gasteiger partial charge in [-0.3, -0.25) is 0 Å². The van der Waals surface area contributed by atoms with Crippen LogP contribution in [0.3, 0.4) is 0 Å². The molecule has 0 bridgehead atoms. The van der Waals surface area contributed by atoms with Crippen LogP contribution >= 0.6 is 0 Å². The Morgan fingerprint density at radius 1 is 1.40 bits per heavy atom. The second kappa shape index (κ2) is 4.47. The first-order valence-electron chi connectivity index (χ1n) is 5.29. The van der Waals surface area contributed by atoms with Gasteiger partial charge >= 0.3 is 0 Å². The maximum atomic E-state index is 6.13. The first-order chi connectivity index (χ1) is 7.33. The number of para-hydroxylation sites is 1. The van der Waals surface area contributed by atoms with Gasteiger partial charge in [-0.25, -0.2) is 0 Å². The lowest BCUT2D eigenvalue weighted by Gasteiger charge is -2.09. The molecule has 0 aliphatic heterocycles. The van der Waals surface area contributed by atoms with Crippen LogP contribution in [0.25, 0.3) is 10.9 Å². The number of rotatable bonds is 4. The maximum Gasteiger partial charge on any atom is 0.0457 e. The summed E-state index contributed by atoms with van der Waals surface area (Å²) in [5, 5.41) is 4.36. The van der Waals surface area contributed by atoms with Crippen LogP contribution in [0.1, 0.15) is 18.0 Å². The number of aromatic amines is 1. The van der Waals surface area contributed by atoms with E-state index < -0.39 is 0 Å². The zero-order chi connectivity index (χ0) is 10.7. The van der Waals surface area contributed by atoms with E-state index in [1.807, 2.05) is 25.4 Å². The molecule has 15 heavy (non-hydrogen) atoms. The van der Waals surface area contributed by atoms with Crippen LogP contribution < -0.4 is 11.1 Å². The molecule has 1 heterocycles. The molecule has 80 valence electrons. The van der Waals surface area contributed by atoms with Gasteiger partial charge < -0.3 is 16.0 Å². The predicted octanol–water partition coefficient (Wildman–Crippen LogP) is 1.78. The van der Waals surface area contributed by atoms with Crippen molar-refractivity contribution in [3.63, 3.8) is 0 Å². The normalized spacial score (nSPS) is 13.2. The van der Waals surface area contributed by atoms with E-state index in [1.54, 1.807) is 0 Å². The van der Waals surface area contributed by atoms with Crippen molar-refractivity contribution in [2.45, 2.75) is 12.5 Å². The molecule has 4 N–H and O–H groups in total. The van der Waals surface area contributed by atoms with Gasteiger partial charge in [0.1, 0.15) is 0 Å². The summed E-state index contributed by atoms with van der Waals surface area (Å²) in [5.74, 6) is 0. The lowest BCUT2D eigenvalue weighted by Crippen LogP contribution is -2.17. The summed E-state index contributed by atoms with van der Waals surface area (Å²) in [4.78, 5) is 3.25. The number of H-pyrrole nitrogens is 1. The van der Waals surface area contributed by atoms with E-state index in [4.69, 9.17) is 5.73 Å². The van der Waals surface area contributed by atoms with Crippen LogP contribution in [-0.4, -0.2) is 18.6 Å². The Balaban J connectivity index is 2.27. The molecule has 1 aromatic carbocycles. The number of hydrogen-bond donors (Lipinski definition) is 3. The van der Waals surface area contributed by atoms with Crippen LogP contribution in [0.15, 0.2) is 30.5 Å². The summed E-state index contributed by atoms with van der Waals surface area (Å²) in [6.07, 6.45) is 2.98. The number of nitrogens with one attached hydrogen (secondary N) is 2. The van der Waals surface area contributed by atoms with Crippen molar-refractivity contribution in [1.82, 2.24) is 10.3 Å². The molecule has 1 atom stereocenters. The van der Waals surface area contributed by atoms with Crippen molar-refractivity contribution >= 4 is 10.9 Å². The van der Waals surface area contributed by atoms with E-state index in [0.717, 1.165) is 18.5 Å². The topological polar surface area (TPSA) is 53.8 Å². The fourth-order valence-corrected chi connectivity index (χ4v) is 1.86. The Morgan fingerprint density at radius 2 is 2.20 bits per heavy atom. The molecule has 3 heteroatoms. The molecule has 1 unspecified atom stereocenters. The highest BCUT2D eigenvalue weighted by atomic mass is 14.8. The molecule has 0 radical (unpaired) electrons. The van der Waals surface area contributed by atoms with E-state index in [-0.39, 0.29) is 6.04 Å². The molecular formula is C12H17N3. The van der Waals surface area contributed by atoms with E-state index in [9.17, 15) is 0 Å². The summed E-state index contributed by atoms with van der Waals surface area (Å²) in [6.45, 7) is 0.945. The largest absolute Gasteiger partial charge is 0.361 e. The van der Waals surface area contributed by atoms with Crippen molar-refractivity contribution < 1.29 is 0 Å². The monoisotopic (exact) mass is 203 g/mol. The van der Waals surface area contributed by atoms with Gasteiger partial charge in [-0.2, -0.15) is 0 Å². The fraction of sp³-hybridized carbons (Fsp3) is 0.333. The summed E-state index contributed by atoms with van der Waals surface area (Å²) in [7, 11) is 1.95. The molecule has 1 aromatic heterocycles. The molecule has 3 nitrogen and oxygen atoms in total. The molecule has 2 rings (SSSR count). The second-order valence-corrected chi connectivity index (χ2v) is 3.79. The molecule has 0 amide bonds. The van der Waals surface area contributed by atoms with E-state index in [1.165, 1.54) is 10.9 Å². The molecule has 0 aliphatic carbocycles. The smallest absolute Gasteiger partial charge is 0.0457 e. The van der Waals surface area contributed by atoms with E-state index >= 15 is 0 Å². The first-order valence-corrected chi connectivity index (χ1v) is 5.29. The molecule has 0 saturated heterocycles. The molecule has 2 aromatic rings. The molecule has 0 fully saturated rings. The Labute approximate surface area is 89.7 Å². The Morgan fingerprint density at radius 3 is 3.00 bits per heavy atom. The number of nitrogens with two attached hydrogens (primary N) is 1. The fourth-order valence-electron chi connectivity index (χ4n) is 1.86. The van der Waals surface area contributed by atoms with Crippen LogP contribution in [0, 0.1) is 0 Å². The quantitative estimate of drug-likeness (QED) is 0.709. The zero-order valence-corrected chi connectivity index (χ0v) is 8.96. The van der Waals surface area contributed by atoms with Crippen molar-refractivity contribution in [2.75, 3.05) is 13.6 Å². The Hall–Kier alpha value is -1.32. The minimum absolute atomic E-state index is 0.105. The highest BCUT2D eigenvalue weighted by molar-refractivity contribution is 5.83. The van der Waals surface area contributed by atoms with Gasteiger partial charge in [-0.15, -0.1) is 0 Å². The number of hydrogen-bond acceptors (Lipinski definition) is 2. The minimum atomic E-state index is 0.105. The predicted molar refractivity (Wildman–Crippen MR) is 63.8 cm³/mol. The summed E-state index contributed by atoms with van der Waals surface area (Å²) >= 11 is 0. The van der Waals surface area contributed by atoms with Gasteiger partial charge in [0, 0.05) is 23.1 Å². The molecule has 0 spiro atoms. The highest BCUT2D eigenvalue weighted by Gasteiger charge is 2.10. The molecule has 0 saturated carbocycles. The van der Waals surface area contributed by atoms with Gasteiger partial charge in [-0.1, -0.05) is 18.2 Å². The zero-order valence-electron chi connectivity index (χ0n) is 8.96. The molecular weight excluding hydrogens is 186 g/mol. The van der Waals surface area contributed by atoms with Gasteiger partial charge in [0.25, 0.3) is 0 Å². The van der Waals surface area contributed by atoms with Gasteiger partial charge in [-0.05, 0) is 31.6 Å². The van der Waals surface area contributed by atoms with Gasteiger partial charge in [0.15, 0.2) is 0 Å². The first kappa shape index (κ1) is 10.2. The molecule has 0 aliphatic rings. The Kier molecular flexibility index (Phi) is 3.04. The summed E-state index contributed by atoms with van der Waals surface area (Å²) in [5.41, 5.74) is 8.50. The second-order valence-electron chi connectivity index (χ2n) is 3.79. The third-order valence-corrected chi connectivity index (χ3v) is 2.73. The number of fused-ring (bicyclic) bond motifs is 1. The number of aromatic nitrogens is 1. The average molecular weight is 203 g/mol. The van der Waals surface area contributed by atoms with Gasteiger partial charge in [0.2, 0.25) is 0 Å². The highest BCUT2D eigenvalue weighted by Crippen LogP contribution is 2.23. The van der Waals surface area contributed by atoms with E-state index in [2.05, 4.69) is 22.4 Å². The van der Waals surface area contributed by atoms with Crippen molar-refractivity contribution in [3.05, 3.63) is 36.0 Å². The van der Waals surface area contributed by atoms with Crippen molar-refractivity contribution in [3.8, 4) is 0 Å². The summed E-state index contributed by atoms with van der Waals surface area (Å²) < 4.78 is 0. The summed E-state index contributed by atoms with van der Waals surface area (Å²) in [6, 6.07) is 8.37. The maximum absolute atomic E-state index is 6.13. The lowest BCUT2D eigenvalue weighted by molar-refractivity contribution is 0.619. The van der Waals surface area contributed by atoms with Crippen LogP contribution in [0.2, 0.25) is 0 Å². The van der Waals surface area contributed by atoms with Crippen LogP contribution in [0.4, 0.5) is 0 Å². The van der Waals surface area contributed by atoms with Crippen molar-refractivity contribution in [2.24, 2.45) is 5.73 Å². The number of benzene rings is 1. The average Bonchev–Trinajstić information content (AvgIpc) is 2.69. The minimum Gasteiger partial charge on any atom is -0.361 e. The van der Waals surface area contributed by atoms with E-state index in [0.29, 0.717) is 0 Å². The van der Waals surface area contributed by atoms with Crippen molar-refractivity contribution in [1.29, 1.82) is 0 Å².